The standard InChI is InChI=1S/C18H25N3OS/c1-3-21-17(15-11-7-8-12-16(15)22-2)19-20-18(21)23-13-14-9-5-4-6-10-14/h7-8,11-12,14H,3-6,9-10,13H2,1-2H3. The summed E-state index contributed by atoms with van der Waals surface area (Å²) in [6.07, 6.45) is 6.92. The van der Waals surface area contributed by atoms with Crippen LogP contribution in [0.15, 0.2) is 29.4 Å². The minimum absolute atomic E-state index is 0.838. The highest BCUT2D eigenvalue weighted by Crippen LogP contribution is 2.33. The van der Waals surface area contributed by atoms with Gasteiger partial charge in [-0.05, 0) is 37.8 Å². The first-order chi connectivity index (χ1) is 11.3. The summed E-state index contributed by atoms with van der Waals surface area (Å²) < 4.78 is 7.68. The lowest BCUT2D eigenvalue weighted by atomic mass is 9.91. The molecule has 1 fully saturated rings. The van der Waals surface area contributed by atoms with Crippen LogP contribution in [-0.2, 0) is 6.54 Å². The van der Waals surface area contributed by atoms with E-state index in [-0.39, 0.29) is 0 Å². The zero-order valence-electron chi connectivity index (χ0n) is 14.0. The molecule has 0 unspecified atom stereocenters. The first-order valence-corrected chi connectivity index (χ1v) is 9.51. The van der Waals surface area contributed by atoms with Gasteiger partial charge in [0.25, 0.3) is 0 Å². The van der Waals surface area contributed by atoms with E-state index in [0.717, 1.165) is 40.5 Å². The first kappa shape index (κ1) is 16.4. The predicted octanol–water partition coefficient (Wildman–Crippen LogP) is 4.65. The maximum absolute atomic E-state index is 5.48. The fraction of sp³-hybridized carbons (Fsp3) is 0.556. The second-order valence-corrected chi connectivity index (χ2v) is 7.05. The molecule has 23 heavy (non-hydrogen) atoms. The maximum atomic E-state index is 5.48. The number of rotatable bonds is 6. The first-order valence-electron chi connectivity index (χ1n) is 8.53. The number of nitrogens with zero attached hydrogens (tertiary/aromatic N) is 3. The van der Waals surface area contributed by atoms with Gasteiger partial charge in [-0.25, -0.2) is 0 Å². The Hall–Kier alpha value is -1.49. The molecule has 4 nitrogen and oxygen atoms in total. The monoisotopic (exact) mass is 331 g/mol. The van der Waals surface area contributed by atoms with E-state index in [9.17, 15) is 0 Å². The largest absolute Gasteiger partial charge is 0.496 e. The molecular formula is C18H25N3OS. The Balaban J connectivity index is 1.79. The molecule has 1 aliphatic rings. The fourth-order valence-corrected chi connectivity index (χ4v) is 4.44. The van der Waals surface area contributed by atoms with Gasteiger partial charge < -0.3 is 9.30 Å². The quantitative estimate of drug-likeness (QED) is 0.723. The van der Waals surface area contributed by atoms with Crippen LogP contribution < -0.4 is 4.74 Å². The molecule has 0 saturated heterocycles. The van der Waals surface area contributed by atoms with Crippen molar-refractivity contribution in [3.05, 3.63) is 24.3 Å². The Bertz CT molecular complexity index is 635. The summed E-state index contributed by atoms with van der Waals surface area (Å²) in [7, 11) is 1.70. The highest BCUT2D eigenvalue weighted by molar-refractivity contribution is 7.99. The lowest BCUT2D eigenvalue weighted by molar-refractivity contribution is 0.390. The molecule has 0 N–H and O–H groups in total. The molecule has 0 atom stereocenters. The van der Waals surface area contributed by atoms with E-state index >= 15 is 0 Å². The molecule has 3 rings (SSSR count). The Morgan fingerprint density at radius 1 is 1.17 bits per heavy atom. The highest BCUT2D eigenvalue weighted by Gasteiger charge is 2.19. The van der Waals surface area contributed by atoms with Crippen molar-refractivity contribution in [2.45, 2.75) is 50.7 Å². The van der Waals surface area contributed by atoms with Gasteiger partial charge in [0.15, 0.2) is 11.0 Å². The van der Waals surface area contributed by atoms with Gasteiger partial charge >= 0.3 is 0 Å². The topological polar surface area (TPSA) is 39.9 Å². The van der Waals surface area contributed by atoms with Crippen molar-refractivity contribution in [3.63, 3.8) is 0 Å². The number of aromatic nitrogens is 3. The molecule has 1 heterocycles. The average molecular weight is 331 g/mol. The van der Waals surface area contributed by atoms with Gasteiger partial charge in [-0.3, -0.25) is 0 Å². The zero-order valence-corrected chi connectivity index (χ0v) is 14.8. The third-order valence-electron chi connectivity index (χ3n) is 4.55. The average Bonchev–Trinajstić information content (AvgIpc) is 3.03. The smallest absolute Gasteiger partial charge is 0.191 e. The van der Waals surface area contributed by atoms with E-state index in [1.807, 2.05) is 36.0 Å². The Kier molecular flexibility index (Phi) is 5.60. The van der Waals surface area contributed by atoms with Crippen LogP contribution in [0.2, 0.25) is 0 Å². The molecule has 2 aromatic rings. The number of benzene rings is 1. The van der Waals surface area contributed by atoms with E-state index in [1.165, 1.54) is 32.1 Å². The third-order valence-corrected chi connectivity index (χ3v) is 5.75. The third kappa shape index (κ3) is 3.71. The number of hydrogen-bond donors (Lipinski definition) is 0. The number of thioether (sulfide) groups is 1. The van der Waals surface area contributed by atoms with Gasteiger partial charge in [0.1, 0.15) is 5.75 Å². The molecule has 1 saturated carbocycles. The molecule has 1 aliphatic carbocycles. The summed E-state index contributed by atoms with van der Waals surface area (Å²) in [6.45, 7) is 3.01. The summed E-state index contributed by atoms with van der Waals surface area (Å²) >= 11 is 1.86. The van der Waals surface area contributed by atoms with Crippen molar-refractivity contribution in [2.75, 3.05) is 12.9 Å². The van der Waals surface area contributed by atoms with Crippen LogP contribution in [-0.4, -0.2) is 27.6 Å². The summed E-state index contributed by atoms with van der Waals surface area (Å²) in [5, 5.41) is 9.91. The second-order valence-electron chi connectivity index (χ2n) is 6.07. The lowest BCUT2D eigenvalue weighted by Crippen LogP contribution is -2.09. The number of para-hydroxylation sites is 1. The van der Waals surface area contributed by atoms with Crippen LogP contribution in [0.3, 0.4) is 0 Å². The molecule has 124 valence electrons. The van der Waals surface area contributed by atoms with E-state index < -0.39 is 0 Å². The second kappa shape index (κ2) is 7.86. The Morgan fingerprint density at radius 3 is 2.70 bits per heavy atom. The van der Waals surface area contributed by atoms with E-state index in [4.69, 9.17) is 4.74 Å². The van der Waals surface area contributed by atoms with Crippen molar-refractivity contribution >= 4 is 11.8 Å². The Labute approximate surface area is 142 Å². The van der Waals surface area contributed by atoms with Gasteiger partial charge in [-0.15, -0.1) is 10.2 Å². The summed E-state index contributed by atoms with van der Waals surface area (Å²) in [4.78, 5) is 0. The van der Waals surface area contributed by atoms with Crippen LogP contribution in [0, 0.1) is 5.92 Å². The van der Waals surface area contributed by atoms with Gasteiger partial charge in [0, 0.05) is 12.3 Å². The predicted molar refractivity (Wildman–Crippen MR) is 95.0 cm³/mol. The van der Waals surface area contributed by atoms with E-state index in [0.29, 0.717) is 0 Å². The SMILES string of the molecule is CCn1c(SCC2CCCCC2)nnc1-c1ccccc1OC. The van der Waals surface area contributed by atoms with Crippen molar-refractivity contribution in [1.82, 2.24) is 14.8 Å². The van der Waals surface area contributed by atoms with Gasteiger partial charge in [-0.1, -0.05) is 43.2 Å². The maximum Gasteiger partial charge on any atom is 0.191 e. The van der Waals surface area contributed by atoms with Crippen molar-refractivity contribution in [2.24, 2.45) is 5.92 Å². The van der Waals surface area contributed by atoms with Crippen LogP contribution in [0.5, 0.6) is 5.75 Å². The summed E-state index contributed by atoms with van der Waals surface area (Å²) in [5.41, 5.74) is 1.01. The fourth-order valence-electron chi connectivity index (χ4n) is 3.26. The van der Waals surface area contributed by atoms with Gasteiger partial charge in [0.05, 0.1) is 12.7 Å². The minimum atomic E-state index is 0.838. The van der Waals surface area contributed by atoms with Crippen LogP contribution in [0.25, 0.3) is 11.4 Å². The van der Waals surface area contributed by atoms with Crippen LogP contribution in [0.1, 0.15) is 39.0 Å². The molecule has 0 amide bonds. The molecule has 0 aliphatic heterocycles. The molecule has 5 heteroatoms. The number of ether oxygens (including phenoxy) is 1. The van der Waals surface area contributed by atoms with Crippen molar-refractivity contribution in [3.8, 4) is 17.1 Å². The van der Waals surface area contributed by atoms with Gasteiger partial charge in [0.2, 0.25) is 0 Å². The molecule has 0 radical (unpaired) electrons. The number of hydrogen-bond acceptors (Lipinski definition) is 4. The minimum Gasteiger partial charge on any atom is -0.496 e. The van der Waals surface area contributed by atoms with Gasteiger partial charge in [-0.2, -0.15) is 0 Å². The van der Waals surface area contributed by atoms with Crippen LogP contribution >= 0.6 is 11.8 Å². The van der Waals surface area contributed by atoms with E-state index in [2.05, 4.69) is 21.7 Å². The van der Waals surface area contributed by atoms with E-state index in [1.54, 1.807) is 7.11 Å². The summed E-state index contributed by atoms with van der Waals surface area (Å²) in [5.74, 6) is 3.74. The normalized spacial score (nSPS) is 15.7. The number of methoxy groups -OCH3 is 1. The van der Waals surface area contributed by atoms with Crippen molar-refractivity contribution in [1.29, 1.82) is 0 Å². The molecule has 0 bridgehead atoms. The van der Waals surface area contributed by atoms with Crippen LogP contribution in [0.4, 0.5) is 0 Å². The molecular weight excluding hydrogens is 306 g/mol. The summed E-state index contributed by atoms with van der Waals surface area (Å²) in [6, 6.07) is 8.01. The van der Waals surface area contributed by atoms with Crippen molar-refractivity contribution < 1.29 is 4.74 Å². The lowest BCUT2D eigenvalue weighted by Gasteiger charge is -2.20. The molecule has 1 aromatic heterocycles. The molecule has 0 spiro atoms. The Morgan fingerprint density at radius 2 is 1.96 bits per heavy atom. The highest BCUT2D eigenvalue weighted by atomic mass is 32.2. The molecule has 1 aromatic carbocycles. The zero-order chi connectivity index (χ0) is 16.1.